The van der Waals surface area contributed by atoms with Crippen molar-refractivity contribution < 1.29 is 44.9 Å². The van der Waals surface area contributed by atoms with Crippen LogP contribution in [0.25, 0.3) is 0 Å². The molecule has 0 bridgehead atoms. The average molecular weight is 360 g/mol. The summed E-state index contributed by atoms with van der Waals surface area (Å²) in [5.41, 5.74) is 0. The number of halogens is 2. The smallest absolute Gasteiger partial charge is 0.299 e. The largest absolute Gasteiger partial charge is 0.396 e. The number of alkyl halides is 2. The minimum atomic E-state index is -4.51. The first-order chi connectivity index (χ1) is 8.91. The van der Waals surface area contributed by atoms with Gasteiger partial charge in [-0.1, -0.05) is 0 Å². The van der Waals surface area contributed by atoms with E-state index >= 15 is 0 Å². The van der Waals surface area contributed by atoms with E-state index in [0.29, 0.717) is 6.42 Å². The van der Waals surface area contributed by atoms with Crippen LogP contribution in [0, 0.1) is 0 Å². The zero-order valence-corrected chi connectivity index (χ0v) is 13.7. The molecule has 0 amide bonds. The fourth-order valence-electron chi connectivity index (χ4n) is 0.0707. The van der Waals surface area contributed by atoms with Crippen LogP contribution in [0.4, 0.5) is 8.78 Å². The van der Waals surface area contributed by atoms with E-state index in [4.69, 9.17) is 19.3 Å². The Hall–Kier alpha value is -0.400. The predicted octanol–water partition coefficient (Wildman–Crippen LogP) is 0.521. The van der Waals surface area contributed by atoms with Gasteiger partial charge >= 0.3 is 0 Å². The van der Waals surface area contributed by atoms with Crippen molar-refractivity contribution in [3.63, 3.8) is 0 Å². The van der Waals surface area contributed by atoms with Crippen molar-refractivity contribution in [3.05, 3.63) is 0 Å². The van der Waals surface area contributed by atoms with Crippen LogP contribution in [-0.4, -0.2) is 59.4 Å². The van der Waals surface area contributed by atoms with E-state index in [1.165, 1.54) is 0 Å². The molecule has 0 atom stereocenters. The molecule has 0 heterocycles. The molecule has 0 aromatic heterocycles. The summed E-state index contributed by atoms with van der Waals surface area (Å²) >= 11 is 0. The highest BCUT2D eigenvalue weighted by Gasteiger charge is 2.32. The Labute approximate surface area is 123 Å². The van der Waals surface area contributed by atoms with E-state index in [2.05, 4.69) is 0 Å². The average Bonchev–Trinajstić information content (AvgIpc) is 2.13. The lowest BCUT2D eigenvalue weighted by Crippen LogP contribution is -2.24. The molecule has 0 aromatic carbocycles. The van der Waals surface area contributed by atoms with E-state index in [0.717, 1.165) is 27.7 Å². The fraction of sp³-hybridized carbons (Fsp3) is 1.00. The molecule has 21 heavy (non-hydrogen) atoms. The molecular formula is C9H22F2O8S2. The highest BCUT2D eigenvalue weighted by molar-refractivity contribution is 7.87. The quantitative estimate of drug-likeness (QED) is 0.530. The Morgan fingerprint density at radius 1 is 0.762 bits per heavy atom. The van der Waals surface area contributed by atoms with Gasteiger partial charge in [0.2, 0.25) is 10.0 Å². The molecule has 0 radical (unpaired) electrons. The number of aliphatic hydroxyl groups excluding tert-OH is 2. The summed E-state index contributed by atoms with van der Waals surface area (Å²) in [4.78, 5) is 0. The van der Waals surface area contributed by atoms with Gasteiger partial charge in [0.25, 0.3) is 20.2 Å². The van der Waals surface area contributed by atoms with Gasteiger partial charge in [-0.15, -0.1) is 0 Å². The van der Waals surface area contributed by atoms with Gasteiger partial charge in [0.05, 0.1) is 0 Å². The summed E-state index contributed by atoms with van der Waals surface area (Å²) in [6.07, 6.45) is 0.500. The molecule has 0 rings (SSSR count). The summed E-state index contributed by atoms with van der Waals surface area (Å²) in [7, 11) is -9.01. The number of hydrogen-bond acceptors (Lipinski definition) is 6. The molecule has 0 spiro atoms. The molecule has 0 aliphatic heterocycles. The SMILES string of the molecule is CC(C)(F)S(=O)(=O)O.CC(C)(F)S(=O)(=O)O.OCCCO. The van der Waals surface area contributed by atoms with Gasteiger partial charge in [-0.3, -0.25) is 9.11 Å². The maximum Gasteiger partial charge on any atom is 0.299 e. The molecule has 0 aliphatic rings. The number of aliphatic hydroxyl groups is 2. The second kappa shape index (κ2) is 9.58. The van der Waals surface area contributed by atoms with Crippen LogP contribution in [0.1, 0.15) is 34.1 Å². The Bertz CT molecular complexity index is 415. The van der Waals surface area contributed by atoms with Crippen LogP contribution in [0.3, 0.4) is 0 Å². The Morgan fingerprint density at radius 2 is 0.905 bits per heavy atom. The van der Waals surface area contributed by atoms with Gasteiger partial charge in [0, 0.05) is 13.2 Å². The van der Waals surface area contributed by atoms with Crippen molar-refractivity contribution in [2.75, 3.05) is 13.2 Å². The van der Waals surface area contributed by atoms with Gasteiger partial charge in [-0.2, -0.15) is 16.8 Å². The zero-order chi connectivity index (χ0) is 18.1. The molecule has 0 saturated heterocycles. The van der Waals surface area contributed by atoms with Crippen LogP contribution in [0.5, 0.6) is 0 Å². The van der Waals surface area contributed by atoms with Crippen LogP contribution in [0.2, 0.25) is 0 Å². The van der Waals surface area contributed by atoms with Crippen LogP contribution >= 0.6 is 0 Å². The third-order valence-corrected chi connectivity index (χ3v) is 4.00. The lowest BCUT2D eigenvalue weighted by atomic mass is 10.5. The van der Waals surface area contributed by atoms with Crippen molar-refractivity contribution in [2.24, 2.45) is 0 Å². The topological polar surface area (TPSA) is 149 Å². The lowest BCUT2D eigenvalue weighted by molar-refractivity contribution is 0.221. The minimum absolute atomic E-state index is 0.0938. The van der Waals surface area contributed by atoms with Crippen molar-refractivity contribution in [1.82, 2.24) is 0 Å². The molecular weight excluding hydrogens is 338 g/mol. The molecule has 0 fully saturated rings. The Kier molecular flexibility index (Phi) is 11.7. The molecule has 132 valence electrons. The van der Waals surface area contributed by atoms with E-state index < -0.39 is 30.2 Å². The molecule has 0 unspecified atom stereocenters. The van der Waals surface area contributed by atoms with Crippen molar-refractivity contribution in [2.45, 2.75) is 44.1 Å². The third kappa shape index (κ3) is 15.8. The summed E-state index contributed by atoms with van der Waals surface area (Å²) in [6.45, 7) is 3.25. The molecule has 0 aromatic rings. The normalized spacial score (nSPS) is 12.7. The molecule has 4 N–H and O–H groups in total. The van der Waals surface area contributed by atoms with Gasteiger partial charge in [-0.05, 0) is 34.1 Å². The second-order valence-electron chi connectivity index (χ2n) is 4.48. The van der Waals surface area contributed by atoms with Crippen LogP contribution in [0.15, 0.2) is 0 Å². The lowest BCUT2D eigenvalue weighted by Gasteiger charge is -2.07. The summed E-state index contributed by atoms with van der Waals surface area (Å²) in [5, 5.41) is 10.7. The van der Waals surface area contributed by atoms with E-state index in [-0.39, 0.29) is 13.2 Å². The van der Waals surface area contributed by atoms with Crippen molar-refractivity contribution in [1.29, 1.82) is 0 Å². The molecule has 8 nitrogen and oxygen atoms in total. The summed E-state index contributed by atoms with van der Waals surface area (Å²) in [6, 6.07) is 0. The maximum atomic E-state index is 12.1. The molecule has 12 heteroatoms. The maximum absolute atomic E-state index is 12.1. The number of hydrogen-bond donors (Lipinski definition) is 4. The monoisotopic (exact) mass is 360 g/mol. The molecule has 0 saturated carbocycles. The van der Waals surface area contributed by atoms with Crippen LogP contribution in [-0.2, 0) is 20.2 Å². The highest BCUT2D eigenvalue weighted by Crippen LogP contribution is 2.15. The van der Waals surface area contributed by atoms with Crippen molar-refractivity contribution in [3.8, 4) is 0 Å². The first-order valence-electron chi connectivity index (χ1n) is 5.45. The van der Waals surface area contributed by atoms with Gasteiger partial charge in [0.1, 0.15) is 0 Å². The van der Waals surface area contributed by atoms with E-state index in [1.54, 1.807) is 0 Å². The molecule has 0 aliphatic carbocycles. The summed E-state index contributed by atoms with van der Waals surface area (Å²) in [5.74, 6) is 0. The third-order valence-electron chi connectivity index (χ3n) is 1.54. The zero-order valence-electron chi connectivity index (χ0n) is 12.1. The predicted molar refractivity (Wildman–Crippen MR) is 72.3 cm³/mol. The van der Waals surface area contributed by atoms with E-state index in [1.807, 2.05) is 0 Å². The fourth-order valence-corrected chi connectivity index (χ4v) is 0.0707. The first kappa shape index (κ1) is 25.5. The van der Waals surface area contributed by atoms with Crippen molar-refractivity contribution >= 4 is 20.2 Å². The highest BCUT2D eigenvalue weighted by atomic mass is 32.2. The van der Waals surface area contributed by atoms with Gasteiger partial charge in [0.15, 0.2) is 0 Å². The number of rotatable bonds is 4. The Balaban J connectivity index is -0.000000239. The first-order valence-corrected chi connectivity index (χ1v) is 8.33. The minimum Gasteiger partial charge on any atom is -0.396 e. The van der Waals surface area contributed by atoms with E-state index in [9.17, 15) is 25.6 Å². The second-order valence-corrected chi connectivity index (χ2v) is 8.32. The standard InChI is InChI=1S/2C3H7FO3S.C3H8O2/c2*1-3(2,4)8(5,6)7;4-2-1-3-5/h2*1-2H3,(H,5,6,7);4-5H,1-3H2. The van der Waals surface area contributed by atoms with Gasteiger partial charge in [-0.25, -0.2) is 8.78 Å². The van der Waals surface area contributed by atoms with Crippen LogP contribution < -0.4 is 0 Å². The Morgan fingerprint density at radius 3 is 0.905 bits per heavy atom. The van der Waals surface area contributed by atoms with Gasteiger partial charge < -0.3 is 10.2 Å². The summed E-state index contributed by atoms with van der Waals surface area (Å²) < 4.78 is 79.4.